The maximum absolute atomic E-state index is 4.55. The number of imidazole rings is 1. The van der Waals surface area contributed by atoms with Crippen molar-refractivity contribution in [3.05, 3.63) is 36.2 Å². The summed E-state index contributed by atoms with van der Waals surface area (Å²) in [6, 6.07) is 2.47. The predicted molar refractivity (Wildman–Crippen MR) is 80.5 cm³/mol. The summed E-state index contributed by atoms with van der Waals surface area (Å²) < 4.78 is 4.07. The Kier molecular flexibility index (Phi) is 4.95. The number of rotatable bonds is 7. The zero-order chi connectivity index (χ0) is 14.5. The third-order valence-corrected chi connectivity index (χ3v) is 3.08. The Hall–Kier alpha value is -1.62. The van der Waals surface area contributed by atoms with Crippen LogP contribution < -0.4 is 5.32 Å². The first-order chi connectivity index (χ1) is 9.54. The molecule has 0 aliphatic heterocycles. The molecule has 1 N–H and O–H groups in total. The maximum atomic E-state index is 4.55. The van der Waals surface area contributed by atoms with E-state index in [1.807, 2.05) is 17.2 Å². The zero-order valence-corrected chi connectivity index (χ0v) is 12.9. The van der Waals surface area contributed by atoms with E-state index in [0.717, 1.165) is 31.0 Å². The summed E-state index contributed by atoms with van der Waals surface area (Å²) in [5, 5.41) is 7.95. The van der Waals surface area contributed by atoms with Crippen LogP contribution in [0, 0.1) is 5.92 Å². The third-order valence-electron chi connectivity index (χ3n) is 3.08. The molecular formula is C15H25N5. The van der Waals surface area contributed by atoms with E-state index < -0.39 is 0 Å². The lowest BCUT2D eigenvalue weighted by molar-refractivity contribution is 0.523. The number of nitrogens with zero attached hydrogens (tertiary/aromatic N) is 4. The zero-order valence-electron chi connectivity index (χ0n) is 12.9. The fraction of sp³-hybridized carbons (Fsp3) is 0.600. The highest BCUT2D eigenvalue weighted by molar-refractivity contribution is 5.03. The summed E-state index contributed by atoms with van der Waals surface area (Å²) in [6.07, 6.45) is 5.99. The van der Waals surface area contributed by atoms with Crippen molar-refractivity contribution in [2.45, 2.75) is 46.8 Å². The summed E-state index contributed by atoms with van der Waals surface area (Å²) >= 11 is 0. The summed E-state index contributed by atoms with van der Waals surface area (Å²) in [5.41, 5.74) is 2.15. The molecular weight excluding hydrogens is 250 g/mol. The maximum Gasteiger partial charge on any atom is 0.0953 e. The van der Waals surface area contributed by atoms with Crippen LogP contribution in [0.15, 0.2) is 24.8 Å². The summed E-state index contributed by atoms with van der Waals surface area (Å²) in [7, 11) is 0. The van der Waals surface area contributed by atoms with Crippen LogP contribution in [-0.4, -0.2) is 25.9 Å². The van der Waals surface area contributed by atoms with E-state index in [2.05, 4.69) is 59.9 Å². The molecule has 5 nitrogen and oxygen atoms in total. The van der Waals surface area contributed by atoms with E-state index in [9.17, 15) is 0 Å². The van der Waals surface area contributed by atoms with Gasteiger partial charge in [0.15, 0.2) is 0 Å². The van der Waals surface area contributed by atoms with Crippen molar-refractivity contribution in [1.29, 1.82) is 0 Å². The van der Waals surface area contributed by atoms with Gasteiger partial charge in [0.2, 0.25) is 0 Å². The van der Waals surface area contributed by atoms with Crippen LogP contribution in [0.25, 0.3) is 0 Å². The van der Waals surface area contributed by atoms with Gasteiger partial charge in [-0.15, -0.1) is 0 Å². The highest BCUT2D eigenvalue weighted by Gasteiger charge is 2.04. The number of hydrogen-bond acceptors (Lipinski definition) is 3. The van der Waals surface area contributed by atoms with Gasteiger partial charge in [0.1, 0.15) is 0 Å². The Labute approximate surface area is 121 Å². The minimum Gasteiger partial charge on any atom is -0.331 e. The second kappa shape index (κ2) is 6.70. The largest absolute Gasteiger partial charge is 0.331 e. The number of aromatic nitrogens is 4. The Morgan fingerprint density at radius 1 is 1.20 bits per heavy atom. The Bertz CT molecular complexity index is 524. The lowest BCUT2D eigenvalue weighted by atomic mass is 10.2. The van der Waals surface area contributed by atoms with E-state index in [1.165, 1.54) is 0 Å². The molecule has 0 fully saturated rings. The Morgan fingerprint density at radius 3 is 2.65 bits per heavy atom. The quantitative estimate of drug-likeness (QED) is 0.844. The predicted octanol–water partition coefficient (Wildman–Crippen LogP) is 2.45. The van der Waals surface area contributed by atoms with Crippen molar-refractivity contribution in [3.63, 3.8) is 0 Å². The minimum atomic E-state index is 0.405. The van der Waals surface area contributed by atoms with Crippen molar-refractivity contribution in [3.8, 4) is 0 Å². The first-order valence-corrected chi connectivity index (χ1v) is 7.30. The minimum absolute atomic E-state index is 0.405. The molecule has 0 aliphatic carbocycles. The smallest absolute Gasteiger partial charge is 0.0953 e. The molecule has 0 aromatic carbocycles. The first kappa shape index (κ1) is 14.8. The van der Waals surface area contributed by atoms with E-state index >= 15 is 0 Å². The fourth-order valence-electron chi connectivity index (χ4n) is 2.01. The van der Waals surface area contributed by atoms with Gasteiger partial charge in [-0.1, -0.05) is 13.8 Å². The molecule has 110 valence electrons. The van der Waals surface area contributed by atoms with Crippen LogP contribution in [0.3, 0.4) is 0 Å². The van der Waals surface area contributed by atoms with Gasteiger partial charge in [0.05, 0.1) is 24.3 Å². The molecule has 20 heavy (non-hydrogen) atoms. The average Bonchev–Trinajstić information content (AvgIpc) is 2.99. The highest BCUT2D eigenvalue weighted by Crippen LogP contribution is 2.06. The van der Waals surface area contributed by atoms with Gasteiger partial charge in [0.25, 0.3) is 0 Å². The van der Waals surface area contributed by atoms with Gasteiger partial charge in [-0.2, -0.15) is 5.10 Å². The Balaban J connectivity index is 1.88. The van der Waals surface area contributed by atoms with Crippen molar-refractivity contribution < 1.29 is 0 Å². The van der Waals surface area contributed by atoms with Crippen molar-refractivity contribution in [2.75, 3.05) is 6.54 Å². The lowest BCUT2D eigenvalue weighted by Gasteiger charge is -2.05. The summed E-state index contributed by atoms with van der Waals surface area (Å²) in [5.74, 6) is 0.664. The molecule has 2 rings (SSSR count). The van der Waals surface area contributed by atoms with Gasteiger partial charge in [-0.25, -0.2) is 4.98 Å². The van der Waals surface area contributed by atoms with Crippen molar-refractivity contribution >= 4 is 0 Å². The fourth-order valence-corrected chi connectivity index (χ4v) is 2.01. The van der Waals surface area contributed by atoms with Gasteiger partial charge in [-0.05, 0) is 32.4 Å². The van der Waals surface area contributed by atoms with Crippen molar-refractivity contribution in [1.82, 2.24) is 24.6 Å². The SMILES string of the molecule is CC(C)CNCc1cn(Cc2ccn(C(C)C)n2)cn1. The van der Waals surface area contributed by atoms with Gasteiger partial charge >= 0.3 is 0 Å². The molecule has 2 aromatic rings. The van der Waals surface area contributed by atoms with Crippen LogP contribution in [-0.2, 0) is 13.1 Å². The third kappa shape index (κ3) is 4.20. The molecule has 0 amide bonds. The van der Waals surface area contributed by atoms with Gasteiger partial charge in [0, 0.05) is 25.0 Å². The lowest BCUT2D eigenvalue weighted by Crippen LogP contribution is -2.19. The van der Waals surface area contributed by atoms with Crippen LogP contribution in [0.2, 0.25) is 0 Å². The molecule has 0 radical (unpaired) electrons. The summed E-state index contributed by atoms with van der Waals surface area (Å²) in [6.45, 7) is 11.3. The topological polar surface area (TPSA) is 47.7 Å². The molecule has 0 atom stereocenters. The molecule has 0 unspecified atom stereocenters. The van der Waals surface area contributed by atoms with E-state index in [-0.39, 0.29) is 0 Å². The molecule has 5 heteroatoms. The van der Waals surface area contributed by atoms with E-state index in [4.69, 9.17) is 0 Å². The second-order valence-corrected chi connectivity index (χ2v) is 5.94. The second-order valence-electron chi connectivity index (χ2n) is 5.94. The van der Waals surface area contributed by atoms with E-state index in [0.29, 0.717) is 12.0 Å². The Morgan fingerprint density at radius 2 is 2.00 bits per heavy atom. The number of nitrogens with one attached hydrogen (secondary N) is 1. The highest BCUT2D eigenvalue weighted by atomic mass is 15.3. The summed E-state index contributed by atoms with van der Waals surface area (Å²) in [4.78, 5) is 4.42. The molecule has 0 aliphatic rings. The van der Waals surface area contributed by atoms with Crippen LogP contribution in [0.1, 0.15) is 45.1 Å². The van der Waals surface area contributed by atoms with E-state index in [1.54, 1.807) is 0 Å². The van der Waals surface area contributed by atoms with Crippen LogP contribution in [0.4, 0.5) is 0 Å². The molecule has 0 saturated heterocycles. The van der Waals surface area contributed by atoms with Crippen LogP contribution in [0.5, 0.6) is 0 Å². The van der Waals surface area contributed by atoms with Crippen molar-refractivity contribution in [2.24, 2.45) is 5.92 Å². The van der Waals surface area contributed by atoms with Gasteiger partial charge in [-0.3, -0.25) is 4.68 Å². The average molecular weight is 275 g/mol. The molecule has 0 spiro atoms. The van der Waals surface area contributed by atoms with Gasteiger partial charge < -0.3 is 9.88 Å². The van der Waals surface area contributed by atoms with Crippen LogP contribution >= 0.6 is 0 Å². The normalized spacial score (nSPS) is 11.7. The first-order valence-electron chi connectivity index (χ1n) is 7.30. The molecule has 0 saturated carbocycles. The monoisotopic (exact) mass is 275 g/mol. The molecule has 2 heterocycles. The number of hydrogen-bond donors (Lipinski definition) is 1. The molecule has 0 bridgehead atoms. The standard InChI is InChI=1S/C15H25N5/c1-12(2)7-16-8-15-10-19(11-17-15)9-14-5-6-20(18-14)13(3)4/h5-6,10-13,16H,7-9H2,1-4H3. The molecule has 2 aromatic heterocycles.